The standard InChI is InChI=1S/C18H23N3O3/c1-18(13-9-11-5-6-12(13)8-11)16(23)21(17(24)20(18)2)10-15(22)14-4-3-7-19-14/h3-4,7,11-13,19H,5-6,8-10H2,1-2H3/t11-,12-,13?,18?/m0/s1. The van der Waals surface area contributed by atoms with Gasteiger partial charge in [-0.05, 0) is 56.1 Å². The van der Waals surface area contributed by atoms with Gasteiger partial charge in [0.25, 0.3) is 5.91 Å². The van der Waals surface area contributed by atoms with Crippen molar-refractivity contribution in [1.82, 2.24) is 14.8 Å². The number of aromatic nitrogens is 1. The predicted octanol–water partition coefficient (Wildman–Crippen LogP) is 2.29. The summed E-state index contributed by atoms with van der Waals surface area (Å²) in [4.78, 5) is 43.7. The van der Waals surface area contributed by atoms with Gasteiger partial charge in [-0.2, -0.15) is 0 Å². The minimum absolute atomic E-state index is 0.196. The smallest absolute Gasteiger partial charge is 0.327 e. The molecule has 2 unspecified atom stereocenters. The van der Waals surface area contributed by atoms with Gasteiger partial charge in [0.1, 0.15) is 5.54 Å². The monoisotopic (exact) mass is 329 g/mol. The van der Waals surface area contributed by atoms with Crippen molar-refractivity contribution in [2.75, 3.05) is 13.6 Å². The maximum Gasteiger partial charge on any atom is 0.327 e. The van der Waals surface area contributed by atoms with Gasteiger partial charge >= 0.3 is 6.03 Å². The molecule has 1 saturated heterocycles. The molecule has 4 rings (SSSR count). The Morgan fingerprint density at radius 2 is 2.12 bits per heavy atom. The highest BCUT2D eigenvalue weighted by atomic mass is 16.2. The van der Waals surface area contributed by atoms with Crippen LogP contribution in [-0.4, -0.2) is 51.6 Å². The number of hydrogen-bond acceptors (Lipinski definition) is 3. The van der Waals surface area contributed by atoms with E-state index in [9.17, 15) is 14.4 Å². The van der Waals surface area contributed by atoms with Crippen molar-refractivity contribution in [2.24, 2.45) is 17.8 Å². The fraction of sp³-hybridized carbons (Fsp3) is 0.611. The highest BCUT2D eigenvalue weighted by Gasteiger charge is 2.61. The minimum Gasteiger partial charge on any atom is -0.359 e. The highest BCUT2D eigenvalue weighted by Crippen LogP contribution is 2.54. The number of likely N-dealkylation sites (N-methyl/N-ethyl adjacent to an activating group) is 1. The van der Waals surface area contributed by atoms with Gasteiger partial charge < -0.3 is 9.88 Å². The average molecular weight is 329 g/mol. The van der Waals surface area contributed by atoms with Crippen molar-refractivity contribution in [3.63, 3.8) is 0 Å². The van der Waals surface area contributed by atoms with Gasteiger partial charge in [-0.25, -0.2) is 4.79 Å². The molecule has 2 bridgehead atoms. The number of carbonyl (C=O) groups excluding carboxylic acids is 3. The van der Waals surface area contributed by atoms with Gasteiger partial charge in [-0.15, -0.1) is 0 Å². The number of ketones is 1. The first-order valence-corrected chi connectivity index (χ1v) is 8.69. The van der Waals surface area contributed by atoms with Gasteiger partial charge in [-0.3, -0.25) is 14.5 Å². The fourth-order valence-electron chi connectivity index (χ4n) is 5.10. The van der Waals surface area contributed by atoms with Crippen LogP contribution in [0.25, 0.3) is 0 Å². The third kappa shape index (κ3) is 1.98. The van der Waals surface area contributed by atoms with Crippen LogP contribution in [0.3, 0.4) is 0 Å². The summed E-state index contributed by atoms with van der Waals surface area (Å²) >= 11 is 0. The van der Waals surface area contributed by atoms with Crippen LogP contribution >= 0.6 is 0 Å². The SMILES string of the molecule is CN1C(=O)N(CC(=O)c2ccc[nH]2)C(=O)C1(C)C1C[C@H]2CC[C@H]1C2. The summed E-state index contributed by atoms with van der Waals surface area (Å²) in [6, 6.07) is 3.03. The Labute approximate surface area is 141 Å². The maximum atomic E-state index is 13.1. The minimum atomic E-state index is -0.813. The second-order valence-electron chi connectivity index (χ2n) is 7.67. The van der Waals surface area contributed by atoms with Crippen LogP contribution in [0.1, 0.15) is 43.1 Å². The van der Waals surface area contributed by atoms with Gasteiger partial charge in [-0.1, -0.05) is 6.42 Å². The predicted molar refractivity (Wildman–Crippen MR) is 87.3 cm³/mol. The number of carbonyl (C=O) groups is 3. The molecule has 6 nitrogen and oxygen atoms in total. The molecule has 1 aromatic rings. The molecule has 1 aliphatic heterocycles. The number of nitrogens with one attached hydrogen (secondary N) is 1. The molecule has 4 atom stereocenters. The van der Waals surface area contributed by atoms with Crippen molar-refractivity contribution in [1.29, 1.82) is 0 Å². The number of Topliss-reactive ketones (excluding diaryl/α,β-unsaturated/α-hetero) is 1. The van der Waals surface area contributed by atoms with Crippen LogP contribution in [0, 0.1) is 17.8 Å². The van der Waals surface area contributed by atoms with E-state index in [2.05, 4.69) is 4.98 Å². The molecule has 24 heavy (non-hydrogen) atoms. The zero-order valence-electron chi connectivity index (χ0n) is 14.1. The number of fused-ring (bicyclic) bond motifs is 2. The molecule has 128 valence electrons. The number of nitrogens with zero attached hydrogens (tertiary/aromatic N) is 2. The normalized spacial score (nSPS) is 35.3. The number of H-pyrrole nitrogens is 1. The Bertz CT molecular complexity index is 698. The first-order valence-electron chi connectivity index (χ1n) is 8.69. The molecule has 2 heterocycles. The summed E-state index contributed by atoms with van der Waals surface area (Å²) in [6.45, 7) is 1.69. The lowest BCUT2D eigenvalue weighted by Gasteiger charge is -2.39. The summed E-state index contributed by atoms with van der Waals surface area (Å²) in [7, 11) is 1.70. The number of rotatable bonds is 4. The van der Waals surface area contributed by atoms with E-state index >= 15 is 0 Å². The lowest BCUT2D eigenvalue weighted by atomic mass is 9.74. The Kier molecular flexibility index (Phi) is 3.34. The van der Waals surface area contributed by atoms with Crippen molar-refractivity contribution in [2.45, 2.75) is 38.1 Å². The number of imide groups is 1. The van der Waals surface area contributed by atoms with E-state index in [1.54, 1.807) is 30.3 Å². The topological polar surface area (TPSA) is 73.5 Å². The molecular weight excluding hydrogens is 306 g/mol. The van der Waals surface area contributed by atoms with E-state index in [1.165, 1.54) is 12.8 Å². The van der Waals surface area contributed by atoms with Crippen molar-refractivity contribution in [3.05, 3.63) is 24.0 Å². The third-order valence-electron chi connectivity index (χ3n) is 6.55. The molecule has 0 radical (unpaired) electrons. The molecule has 1 aromatic heterocycles. The van der Waals surface area contributed by atoms with Crippen LogP contribution in [0.4, 0.5) is 4.79 Å². The maximum absolute atomic E-state index is 13.1. The quantitative estimate of drug-likeness (QED) is 0.680. The lowest BCUT2D eigenvalue weighted by Crippen LogP contribution is -2.53. The molecule has 3 amide bonds. The molecule has 0 aromatic carbocycles. The molecule has 1 N–H and O–H groups in total. The van der Waals surface area contributed by atoms with Crippen molar-refractivity contribution < 1.29 is 14.4 Å². The first-order chi connectivity index (χ1) is 11.4. The Morgan fingerprint density at radius 1 is 1.33 bits per heavy atom. The Morgan fingerprint density at radius 3 is 2.71 bits per heavy atom. The summed E-state index contributed by atoms with van der Waals surface area (Å²) in [5, 5.41) is 0. The van der Waals surface area contributed by atoms with Crippen LogP contribution in [0.15, 0.2) is 18.3 Å². The highest BCUT2D eigenvalue weighted by molar-refractivity contribution is 6.10. The second kappa shape index (κ2) is 5.19. The summed E-state index contributed by atoms with van der Waals surface area (Å²) < 4.78 is 0. The zero-order valence-corrected chi connectivity index (χ0v) is 14.1. The van der Waals surface area contributed by atoms with E-state index in [0.29, 0.717) is 17.5 Å². The average Bonchev–Trinajstić information content (AvgIpc) is 3.35. The van der Waals surface area contributed by atoms with E-state index in [0.717, 1.165) is 17.7 Å². The van der Waals surface area contributed by atoms with Gasteiger partial charge in [0.2, 0.25) is 0 Å². The Hall–Kier alpha value is -2.11. The number of hydrogen-bond donors (Lipinski definition) is 1. The third-order valence-corrected chi connectivity index (χ3v) is 6.55. The molecule has 3 aliphatic rings. The molecule has 2 saturated carbocycles. The Balaban J connectivity index is 1.58. The fourth-order valence-corrected chi connectivity index (χ4v) is 5.10. The van der Waals surface area contributed by atoms with Crippen molar-refractivity contribution in [3.8, 4) is 0 Å². The van der Waals surface area contributed by atoms with Gasteiger partial charge in [0.15, 0.2) is 5.78 Å². The molecule has 3 fully saturated rings. The van der Waals surface area contributed by atoms with Crippen LogP contribution in [0.2, 0.25) is 0 Å². The largest absolute Gasteiger partial charge is 0.359 e. The zero-order chi connectivity index (χ0) is 17.1. The number of aromatic amines is 1. The van der Waals surface area contributed by atoms with E-state index in [1.807, 2.05) is 6.92 Å². The van der Waals surface area contributed by atoms with Crippen LogP contribution in [0.5, 0.6) is 0 Å². The van der Waals surface area contributed by atoms with Crippen LogP contribution < -0.4 is 0 Å². The first kappa shape index (κ1) is 15.4. The van der Waals surface area contributed by atoms with Crippen LogP contribution in [-0.2, 0) is 4.79 Å². The summed E-state index contributed by atoms with van der Waals surface area (Å²) in [6.07, 6.45) is 6.26. The summed E-state index contributed by atoms with van der Waals surface area (Å²) in [5.74, 6) is 0.976. The van der Waals surface area contributed by atoms with Gasteiger partial charge in [0, 0.05) is 13.2 Å². The molecular formula is C18H23N3O3. The summed E-state index contributed by atoms with van der Waals surface area (Å²) in [5.41, 5.74) is -0.390. The molecule has 6 heteroatoms. The number of amides is 3. The lowest BCUT2D eigenvalue weighted by molar-refractivity contribution is -0.135. The van der Waals surface area contributed by atoms with E-state index in [-0.39, 0.29) is 30.2 Å². The van der Waals surface area contributed by atoms with Gasteiger partial charge in [0.05, 0.1) is 12.2 Å². The second-order valence-corrected chi connectivity index (χ2v) is 7.67. The molecule has 2 aliphatic carbocycles. The number of urea groups is 1. The van der Waals surface area contributed by atoms with Crippen molar-refractivity contribution >= 4 is 17.7 Å². The van der Waals surface area contributed by atoms with E-state index < -0.39 is 5.54 Å². The molecule has 0 spiro atoms. The van der Waals surface area contributed by atoms with E-state index in [4.69, 9.17) is 0 Å².